The third-order valence-corrected chi connectivity index (χ3v) is 3.28. The SMILES string of the molecule is CC1(C)CC1C=C1CCSO1. The summed E-state index contributed by atoms with van der Waals surface area (Å²) in [5.41, 5.74) is 0.559. The van der Waals surface area contributed by atoms with E-state index in [1.807, 2.05) is 0 Å². The number of hydrogen-bond acceptors (Lipinski definition) is 2. The third kappa shape index (κ3) is 1.56. The monoisotopic (exact) mass is 170 g/mol. The Balaban J connectivity index is 1.94. The van der Waals surface area contributed by atoms with Crippen LogP contribution in [0.15, 0.2) is 11.8 Å². The van der Waals surface area contributed by atoms with Gasteiger partial charge in [0, 0.05) is 12.2 Å². The van der Waals surface area contributed by atoms with Gasteiger partial charge >= 0.3 is 0 Å². The van der Waals surface area contributed by atoms with Crippen molar-refractivity contribution in [3.63, 3.8) is 0 Å². The molecule has 2 aliphatic rings. The van der Waals surface area contributed by atoms with Crippen LogP contribution in [0.5, 0.6) is 0 Å². The Bertz CT molecular complexity index is 188. The highest BCUT2D eigenvalue weighted by molar-refractivity contribution is 7.95. The van der Waals surface area contributed by atoms with Crippen molar-refractivity contribution in [3.8, 4) is 0 Å². The lowest BCUT2D eigenvalue weighted by molar-refractivity contribution is 0.496. The minimum Gasteiger partial charge on any atom is -0.430 e. The van der Waals surface area contributed by atoms with E-state index in [2.05, 4.69) is 19.9 Å². The van der Waals surface area contributed by atoms with Crippen molar-refractivity contribution >= 4 is 12.0 Å². The number of allylic oxidation sites excluding steroid dienone is 2. The molecular formula is C9H14OS. The van der Waals surface area contributed by atoms with Gasteiger partial charge in [-0.2, -0.15) is 0 Å². The highest BCUT2D eigenvalue weighted by Gasteiger charge is 2.44. The van der Waals surface area contributed by atoms with Crippen molar-refractivity contribution in [3.05, 3.63) is 11.8 Å². The molecule has 0 bridgehead atoms. The maximum atomic E-state index is 5.37. The van der Waals surface area contributed by atoms with Gasteiger partial charge in [-0.3, -0.25) is 0 Å². The molecule has 2 rings (SSSR count). The van der Waals surface area contributed by atoms with E-state index in [1.165, 1.54) is 12.2 Å². The fraction of sp³-hybridized carbons (Fsp3) is 0.778. The van der Waals surface area contributed by atoms with Crippen molar-refractivity contribution in [2.45, 2.75) is 26.7 Å². The lowest BCUT2D eigenvalue weighted by Gasteiger charge is -1.98. The summed E-state index contributed by atoms with van der Waals surface area (Å²) in [6, 6.07) is 0. The van der Waals surface area contributed by atoms with Gasteiger partial charge in [-0.05, 0) is 23.8 Å². The summed E-state index contributed by atoms with van der Waals surface area (Å²) in [4.78, 5) is 0. The van der Waals surface area contributed by atoms with Crippen molar-refractivity contribution in [1.82, 2.24) is 0 Å². The van der Waals surface area contributed by atoms with Gasteiger partial charge in [0.1, 0.15) is 5.76 Å². The second-order valence-corrected chi connectivity index (χ2v) is 4.90. The van der Waals surface area contributed by atoms with E-state index in [4.69, 9.17) is 4.18 Å². The molecule has 0 spiro atoms. The fourth-order valence-electron chi connectivity index (χ4n) is 1.43. The Hall–Kier alpha value is -0.110. The molecule has 1 saturated carbocycles. The standard InChI is InChI=1S/C9H14OS/c1-9(2)6-7(9)5-8-3-4-11-10-8/h5,7H,3-4,6H2,1-2H3. The average Bonchev–Trinajstić information content (AvgIpc) is 2.42. The maximum Gasteiger partial charge on any atom is 0.111 e. The van der Waals surface area contributed by atoms with Gasteiger partial charge in [0.25, 0.3) is 0 Å². The molecule has 0 aromatic carbocycles. The van der Waals surface area contributed by atoms with Gasteiger partial charge in [0.2, 0.25) is 0 Å². The van der Waals surface area contributed by atoms with Crippen LogP contribution in [-0.2, 0) is 4.18 Å². The molecule has 0 N–H and O–H groups in total. The molecule has 1 atom stereocenters. The molecule has 11 heavy (non-hydrogen) atoms. The van der Waals surface area contributed by atoms with Crippen LogP contribution in [0, 0.1) is 11.3 Å². The Labute approximate surface area is 72.4 Å². The molecule has 1 aliphatic carbocycles. The average molecular weight is 170 g/mol. The smallest absolute Gasteiger partial charge is 0.111 e. The first-order valence-electron chi connectivity index (χ1n) is 4.19. The van der Waals surface area contributed by atoms with Gasteiger partial charge in [-0.15, -0.1) is 0 Å². The lowest BCUT2D eigenvalue weighted by atomic mass is 10.1. The molecule has 1 nitrogen and oxygen atoms in total. The predicted octanol–water partition coefficient (Wildman–Crippen LogP) is 2.98. The molecule has 2 fully saturated rings. The molecule has 2 heteroatoms. The molecule has 62 valence electrons. The molecule has 1 saturated heterocycles. The van der Waals surface area contributed by atoms with Crippen LogP contribution < -0.4 is 0 Å². The zero-order chi connectivity index (χ0) is 7.90. The molecule has 0 aromatic rings. The summed E-state index contributed by atoms with van der Waals surface area (Å²) in [5, 5.41) is 0. The van der Waals surface area contributed by atoms with Crippen LogP contribution in [0.2, 0.25) is 0 Å². The maximum absolute atomic E-state index is 5.37. The summed E-state index contributed by atoms with van der Waals surface area (Å²) in [6.45, 7) is 4.63. The predicted molar refractivity (Wildman–Crippen MR) is 48.1 cm³/mol. The van der Waals surface area contributed by atoms with E-state index in [9.17, 15) is 0 Å². The number of hydrogen-bond donors (Lipinski definition) is 0. The van der Waals surface area contributed by atoms with Gasteiger partial charge in [0.15, 0.2) is 0 Å². The van der Waals surface area contributed by atoms with Crippen LogP contribution in [0.3, 0.4) is 0 Å². The highest BCUT2D eigenvalue weighted by atomic mass is 32.2. The molecule has 0 radical (unpaired) electrons. The second kappa shape index (κ2) is 2.44. The summed E-state index contributed by atoms with van der Waals surface area (Å²) in [7, 11) is 0. The quantitative estimate of drug-likeness (QED) is 0.559. The first-order chi connectivity index (χ1) is 5.18. The van der Waals surface area contributed by atoms with Crippen LogP contribution in [0.25, 0.3) is 0 Å². The zero-order valence-electron chi connectivity index (χ0n) is 7.09. The first-order valence-corrected chi connectivity index (χ1v) is 5.10. The summed E-state index contributed by atoms with van der Waals surface area (Å²) >= 11 is 1.58. The molecule has 0 amide bonds. The van der Waals surface area contributed by atoms with E-state index >= 15 is 0 Å². The van der Waals surface area contributed by atoms with E-state index in [-0.39, 0.29) is 0 Å². The minimum atomic E-state index is 0.559. The van der Waals surface area contributed by atoms with Crippen LogP contribution in [0.1, 0.15) is 26.7 Å². The Morgan fingerprint density at radius 1 is 1.64 bits per heavy atom. The third-order valence-electron chi connectivity index (χ3n) is 2.57. The fourth-order valence-corrected chi connectivity index (χ4v) is 2.09. The topological polar surface area (TPSA) is 9.23 Å². The Morgan fingerprint density at radius 3 is 2.82 bits per heavy atom. The van der Waals surface area contributed by atoms with Crippen LogP contribution in [-0.4, -0.2) is 5.75 Å². The van der Waals surface area contributed by atoms with E-state index < -0.39 is 0 Å². The Morgan fingerprint density at radius 2 is 2.36 bits per heavy atom. The van der Waals surface area contributed by atoms with Crippen molar-refractivity contribution in [2.24, 2.45) is 11.3 Å². The normalized spacial score (nSPS) is 37.3. The van der Waals surface area contributed by atoms with Crippen LogP contribution >= 0.6 is 12.0 Å². The Kier molecular flexibility index (Phi) is 1.67. The minimum absolute atomic E-state index is 0.559. The molecular weight excluding hydrogens is 156 g/mol. The van der Waals surface area contributed by atoms with Gasteiger partial charge in [-0.25, -0.2) is 0 Å². The largest absolute Gasteiger partial charge is 0.430 e. The zero-order valence-corrected chi connectivity index (χ0v) is 7.91. The molecule has 1 aliphatic heterocycles. The highest BCUT2D eigenvalue weighted by Crippen LogP contribution is 2.53. The summed E-state index contributed by atoms with van der Waals surface area (Å²) < 4.78 is 5.37. The molecule has 1 unspecified atom stereocenters. The van der Waals surface area contributed by atoms with Crippen molar-refractivity contribution in [1.29, 1.82) is 0 Å². The molecule has 1 heterocycles. The van der Waals surface area contributed by atoms with Gasteiger partial charge in [0.05, 0.1) is 12.0 Å². The van der Waals surface area contributed by atoms with Crippen molar-refractivity contribution in [2.75, 3.05) is 5.75 Å². The van der Waals surface area contributed by atoms with E-state index in [0.717, 1.165) is 18.1 Å². The second-order valence-electron chi connectivity index (χ2n) is 4.09. The lowest BCUT2D eigenvalue weighted by Crippen LogP contribution is -1.87. The van der Waals surface area contributed by atoms with E-state index in [1.54, 1.807) is 12.0 Å². The number of rotatable bonds is 1. The summed E-state index contributed by atoms with van der Waals surface area (Å²) in [5.74, 6) is 3.14. The van der Waals surface area contributed by atoms with Crippen molar-refractivity contribution < 1.29 is 4.18 Å². The first kappa shape index (κ1) is 7.53. The van der Waals surface area contributed by atoms with E-state index in [0.29, 0.717) is 5.41 Å². The molecule has 0 aromatic heterocycles. The van der Waals surface area contributed by atoms with Gasteiger partial charge < -0.3 is 4.18 Å². The van der Waals surface area contributed by atoms with Crippen LogP contribution in [0.4, 0.5) is 0 Å². The van der Waals surface area contributed by atoms with Gasteiger partial charge in [-0.1, -0.05) is 13.8 Å². The summed E-state index contributed by atoms with van der Waals surface area (Å²) in [6.07, 6.45) is 4.79.